The number of nitrogens with zero attached hydrogens (tertiary/aromatic N) is 1. The molecule has 0 spiro atoms. The SMILES string of the molecule is Cc1c(-c2ccccc2)ccc(C(C)C(=O)O)c1[N+](=O)[O-]. The number of carboxylic acids is 1. The third-order valence-electron chi connectivity index (χ3n) is 3.57. The molecule has 0 fully saturated rings. The topological polar surface area (TPSA) is 80.4 Å². The zero-order valence-corrected chi connectivity index (χ0v) is 11.7. The van der Waals surface area contributed by atoms with Crippen molar-refractivity contribution in [1.29, 1.82) is 0 Å². The van der Waals surface area contributed by atoms with Crippen molar-refractivity contribution in [1.82, 2.24) is 0 Å². The van der Waals surface area contributed by atoms with Crippen molar-refractivity contribution >= 4 is 11.7 Å². The molecule has 0 aliphatic carbocycles. The van der Waals surface area contributed by atoms with E-state index in [-0.39, 0.29) is 11.3 Å². The van der Waals surface area contributed by atoms with Gasteiger partial charge in [-0.25, -0.2) is 0 Å². The van der Waals surface area contributed by atoms with Gasteiger partial charge in [0.15, 0.2) is 0 Å². The van der Waals surface area contributed by atoms with Crippen LogP contribution in [0.5, 0.6) is 0 Å². The molecule has 5 heteroatoms. The van der Waals surface area contributed by atoms with E-state index in [2.05, 4.69) is 0 Å². The minimum absolute atomic E-state index is 0.119. The summed E-state index contributed by atoms with van der Waals surface area (Å²) in [5.41, 5.74) is 2.20. The quantitative estimate of drug-likeness (QED) is 0.685. The van der Waals surface area contributed by atoms with Gasteiger partial charge in [-0.05, 0) is 25.0 Å². The van der Waals surface area contributed by atoms with Gasteiger partial charge < -0.3 is 5.11 Å². The van der Waals surface area contributed by atoms with E-state index in [1.165, 1.54) is 13.0 Å². The molecule has 21 heavy (non-hydrogen) atoms. The van der Waals surface area contributed by atoms with Crippen LogP contribution in [0.15, 0.2) is 42.5 Å². The summed E-state index contributed by atoms with van der Waals surface area (Å²) in [4.78, 5) is 22.0. The van der Waals surface area contributed by atoms with Crippen LogP contribution in [0.25, 0.3) is 11.1 Å². The molecule has 0 bridgehead atoms. The summed E-state index contributed by atoms with van der Waals surface area (Å²) >= 11 is 0. The largest absolute Gasteiger partial charge is 0.481 e. The van der Waals surface area contributed by atoms with Gasteiger partial charge in [-0.1, -0.05) is 42.5 Å². The second-order valence-corrected chi connectivity index (χ2v) is 4.86. The Bertz CT molecular complexity index is 695. The third-order valence-corrected chi connectivity index (χ3v) is 3.57. The molecule has 2 rings (SSSR count). The fourth-order valence-electron chi connectivity index (χ4n) is 2.38. The van der Waals surface area contributed by atoms with Crippen molar-refractivity contribution in [3.05, 3.63) is 63.7 Å². The van der Waals surface area contributed by atoms with Crippen molar-refractivity contribution in [2.24, 2.45) is 0 Å². The van der Waals surface area contributed by atoms with Crippen LogP contribution in [-0.4, -0.2) is 16.0 Å². The Morgan fingerprint density at radius 2 is 1.81 bits per heavy atom. The van der Waals surface area contributed by atoms with Crippen molar-refractivity contribution in [3.63, 3.8) is 0 Å². The van der Waals surface area contributed by atoms with E-state index in [1.807, 2.05) is 30.3 Å². The van der Waals surface area contributed by atoms with Gasteiger partial charge >= 0.3 is 5.97 Å². The predicted octanol–water partition coefficient (Wildman–Crippen LogP) is 3.76. The smallest absolute Gasteiger partial charge is 0.310 e. The monoisotopic (exact) mass is 285 g/mol. The first-order valence-electron chi connectivity index (χ1n) is 6.49. The molecule has 2 aromatic rings. The molecular formula is C16H15NO4. The number of carbonyl (C=O) groups is 1. The summed E-state index contributed by atoms with van der Waals surface area (Å²) < 4.78 is 0. The van der Waals surface area contributed by atoms with Gasteiger partial charge in [-0.3, -0.25) is 14.9 Å². The molecule has 0 aliphatic rings. The number of nitro groups is 1. The average molecular weight is 285 g/mol. The van der Waals surface area contributed by atoms with Crippen LogP contribution in [0.4, 0.5) is 5.69 Å². The molecule has 1 unspecified atom stereocenters. The highest BCUT2D eigenvalue weighted by atomic mass is 16.6. The lowest BCUT2D eigenvalue weighted by Crippen LogP contribution is -2.11. The summed E-state index contributed by atoms with van der Waals surface area (Å²) in [5.74, 6) is -2.00. The molecule has 5 nitrogen and oxygen atoms in total. The Balaban J connectivity index is 2.67. The Morgan fingerprint density at radius 1 is 1.19 bits per heavy atom. The van der Waals surface area contributed by atoms with Gasteiger partial charge in [0.1, 0.15) is 0 Å². The van der Waals surface area contributed by atoms with Gasteiger partial charge in [0.25, 0.3) is 5.69 Å². The van der Waals surface area contributed by atoms with E-state index in [0.717, 1.165) is 11.1 Å². The molecule has 108 valence electrons. The number of benzene rings is 2. The first-order chi connectivity index (χ1) is 9.93. The normalized spacial score (nSPS) is 11.9. The lowest BCUT2D eigenvalue weighted by atomic mass is 9.91. The van der Waals surface area contributed by atoms with E-state index in [1.54, 1.807) is 13.0 Å². The lowest BCUT2D eigenvalue weighted by Gasteiger charge is -2.13. The van der Waals surface area contributed by atoms with Crippen molar-refractivity contribution in [2.45, 2.75) is 19.8 Å². The summed E-state index contributed by atoms with van der Waals surface area (Å²) in [5, 5.41) is 20.5. The molecule has 0 amide bonds. The van der Waals surface area contributed by atoms with Crippen LogP contribution in [0, 0.1) is 17.0 Å². The molecule has 0 aromatic heterocycles. The highest BCUT2D eigenvalue weighted by Crippen LogP contribution is 2.36. The molecule has 2 aromatic carbocycles. The summed E-state index contributed by atoms with van der Waals surface area (Å²) in [7, 11) is 0. The lowest BCUT2D eigenvalue weighted by molar-refractivity contribution is -0.386. The number of nitro benzene ring substituents is 1. The summed E-state index contributed by atoms with van der Waals surface area (Å²) in [6, 6.07) is 12.6. The van der Waals surface area contributed by atoms with Crippen LogP contribution in [0.2, 0.25) is 0 Å². The standard InChI is InChI=1S/C16H15NO4/c1-10-13(12-6-4-3-5-7-12)8-9-14(11(2)16(18)19)15(10)17(20)21/h3-9,11H,1-2H3,(H,18,19). The van der Waals surface area contributed by atoms with E-state index in [9.17, 15) is 14.9 Å². The Kier molecular flexibility index (Phi) is 4.03. The fourth-order valence-corrected chi connectivity index (χ4v) is 2.38. The zero-order valence-electron chi connectivity index (χ0n) is 11.7. The molecule has 0 saturated heterocycles. The number of carboxylic acid groups (broad SMARTS) is 1. The highest BCUT2D eigenvalue weighted by Gasteiger charge is 2.27. The Labute approximate surface area is 122 Å². The van der Waals surface area contributed by atoms with Gasteiger partial charge in [0.2, 0.25) is 0 Å². The third kappa shape index (κ3) is 2.76. The second kappa shape index (κ2) is 5.75. The maximum Gasteiger partial charge on any atom is 0.310 e. The van der Waals surface area contributed by atoms with Crippen LogP contribution < -0.4 is 0 Å². The highest BCUT2D eigenvalue weighted by molar-refractivity contribution is 5.80. The van der Waals surface area contributed by atoms with Crippen LogP contribution in [0.1, 0.15) is 24.0 Å². The summed E-state index contributed by atoms with van der Waals surface area (Å²) in [6.45, 7) is 3.10. The van der Waals surface area contributed by atoms with Gasteiger partial charge in [-0.2, -0.15) is 0 Å². The second-order valence-electron chi connectivity index (χ2n) is 4.86. The number of rotatable bonds is 4. The minimum atomic E-state index is -1.08. The van der Waals surface area contributed by atoms with Crippen LogP contribution in [-0.2, 0) is 4.79 Å². The Morgan fingerprint density at radius 3 is 2.33 bits per heavy atom. The molecule has 1 atom stereocenters. The fraction of sp³-hybridized carbons (Fsp3) is 0.188. The maximum absolute atomic E-state index is 11.4. The number of hydrogen-bond acceptors (Lipinski definition) is 3. The van der Waals surface area contributed by atoms with E-state index < -0.39 is 16.8 Å². The van der Waals surface area contributed by atoms with Gasteiger partial charge in [0.05, 0.1) is 10.8 Å². The minimum Gasteiger partial charge on any atom is -0.481 e. The van der Waals surface area contributed by atoms with E-state index >= 15 is 0 Å². The Hall–Kier alpha value is -2.69. The molecule has 0 aliphatic heterocycles. The van der Waals surface area contributed by atoms with Crippen molar-refractivity contribution < 1.29 is 14.8 Å². The zero-order chi connectivity index (χ0) is 15.6. The van der Waals surface area contributed by atoms with Crippen molar-refractivity contribution in [3.8, 4) is 11.1 Å². The molecule has 1 N–H and O–H groups in total. The number of aliphatic carboxylic acids is 1. The summed E-state index contributed by atoms with van der Waals surface area (Å²) in [6.07, 6.45) is 0. The van der Waals surface area contributed by atoms with Crippen LogP contribution >= 0.6 is 0 Å². The molecule has 0 heterocycles. The predicted molar refractivity (Wildman–Crippen MR) is 79.3 cm³/mol. The number of hydrogen-bond donors (Lipinski definition) is 1. The molecular weight excluding hydrogens is 270 g/mol. The van der Waals surface area contributed by atoms with Gasteiger partial charge in [0, 0.05) is 11.1 Å². The van der Waals surface area contributed by atoms with Crippen molar-refractivity contribution in [2.75, 3.05) is 0 Å². The maximum atomic E-state index is 11.4. The van der Waals surface area contributed by atoms with Crippen LogP contribution in [0.3, 0.4) is 0 Å². The van der Waals surface area contributed by atoms with Gasteiger partial charge in [-0.15, -0.1) is 0 Å². The molecule has 0 radical (unpaired) electrons. The average Bonchev–Trinajstić information content (AvgIpc) is 2.46. The van der Waals surface area contributed by atoms with E-state index in [4.69, 9.17) is 5.11 Å². The van der Waals surface area contributed by atoms with E-state index in [0.29, 0.717) is 5.56 Å². The first kappa shape index (κ1) is 14.7. The molecule has 0 saturated carbocycles. The first-order valence-corrected chi connectivity index (χ1v) is 6.49.